The van der Waals surface area contributed by atoms with Crippen molar-refractivity contribution < 1.29 is 13.2 Å². The van der Waals surface area contributed by atoms with Crippen molar-refractivity contribution in [1.82, 2.24) is 4.90 Å². The van der Waals surface area contributed by atoms with Crippen molar-refractivity contribution in [3.05, 3.63) is 82.5 Å². The van der Waals surface area contributed by atoms with Crippen molar-refractivity contribution in [1.29, 1.82) is 0 Å². The van der Waals surface area contributed by atoms with Gasteiger partial charge in [0.1, 0.15) is 0 Å². The Balaban J connectivity index is 2.12. The van der Waals surface area contributed by atoms with E-state index in [4.69, 9.17) is 0 Å². The maximum atomic E-state index is 13.4. The summed E-state index contributed by atoms with van der Waals surface area (Å²) < 4.78 is 26.8. The Labute approximate surface area is 166 Å². The number of hydrogen-bond donors (Lipinski definition) is 1. The van der Waals surface area contributed by atoms with Gasteiger partial charge in [0.05, 0.1) is 4.90 Å². The van der Waals surface area contributed by atoms with Gasteiger partial charge in [-0.2, -0.15) is 0 Å². The Morgan fingerprint density at radius 2 is 1.79 bits per heavy atom. The second kappa shape index (κ2) is 8.02. The number of hydrogen-bond acceptors (Lipinski definition) is 4. The number of nitrogens with zero attached hydrogens (tertiary/aromatic N) is 1. The predicted octanol–water partition coefficient (Wildman–Crippen LogP) is 4.25. The predicted molar refractivity (Wildman–Crippen MR) is 111 cm³/mol. The molecule has 1 heterocycles. The van der Waals surface area contributed by atoms with Crippen LogP contribution in [-0.2, 0) is 14.6 Å². The standard InChI is InChI=1S/C22H24N2O3S/c1-4-24-17(3)13-14-20(24)21(28(26,27)19-11-6-5-7-12-19)22(25)23-18-10-8-9-16(2)15-18/h5-13,15H,4,14H2,1-3H3,(H,23,25)/b21-20+. The van der Waals surface area contributed by atoms with Gasteiger partial charge in [-0.05, 0) is 50.6 Å². The number of allylic oxidation sites excluding steroid dienone is 2. The summed E-state index contributed by atoms with van der Waals surface area (Å²) in [5.41, 5.74) is 3.00. The molecule has 0 saturated heterocycles. The monoisotopic (exact) mass is 396 g/mol. The second-order valence-corrected chi connectivity index (χ2v) is 8.60. The molecule has 2 aromatic carbocycles. The van der Waals surface area contributed by atoms with E-state index in [1.54, 1.807) is 24.3 Å². The zero-order valence-corrected chi connectivity index (χ0v) is 17.1. The summed E-state index contributed by atoms with van der Waals surface area (Å²) in [6, 6.07) is 15.4. The van der Waals surface area contributed by atoms with Crippen molar-refractivity contribution in [2.24, 2.45) is 0 Å². The number of benzene rings is 2. The molecular formula is C22H24N2O3S. The molecule has 0 saturated carbocycles. The van der Waals surface area contributed by atoms with Gasteiger partial charge in [0.25, 0.3) is 5.91 Å². The fraction of sp³-hybridized carbons (Fsp3) is 0.227. The first kappa shape index (κ1) is 19.9. The van der Waals surface area contributed by atoms with E-state index >= 15 is 0 Å². The Morgan fingerprint density at radius 3 is 2.43 bits per heavy atom. The summed E-state index contributed by atoms with van der Waals surface area (Å²) >= 11 is 0. The summed E-state index contributed by atoms with van der Waals surface area (Å²) in [5.74, 6) is -0.619. The second-order valence-electron chi connectivity index (χ2n) is 6.71. The Morgan fingerprint density at radius 1 is 1.07 bits per heavy atom. The zero-order valence-electron chi connectivity index (χ0n) is 16.3. The lowest BCUT2D eigenvalue weighted by Gasteiger charge is -2.23. The van der Waals surface area contributed by atoms with E-state index in [1.807, 2.05) is 49.9 Å². The minimum absolute atomic E-state index is 0.109. The van der Waals surface area contributed by atoms with E-state index in [0.717, 1.165) is 11.3 Å². The number of nitrogens with one attached hydrogen (secondary N) is 1. The molecule has 1 N–H and O–H groups in total. The van der Waals surface area contributed by atoms with Gasteiger partial charge in [-0.25, -0.2) is 8.42 Å². The molecule has 5 nitrogen and oxygen atoms in total. The normalized spacial score (nSPS) is 16.0. The van der Waals surface area contributed by atoms with Gasteiger partial charge in [-0.3, -0.25) is 4.79 Å². The van der Waals surface area contributed by atoms with Crippen molar-refractivity contribution in [2.75, 3.05) is 11.9 Å². The number of carbonyl (C=O) groups is 1. The fourth-order valence-electron chi connectivity index (χ4n) is 3.37. The first-order valence-electron chi connectivity index (χ1n) is 9.20. The van der Waals surface area contributed by atoms with Crippen LogP contribution in [0.2, 0.25) is 0 Å². The van der Waals surface area contributed by atoms with E-state index in [1.165, 1.54) is 12.1 Å². The molecule has 1 aliphatic heterocycles. The lowest BCUT2D eigenvalue weighted by atomic mass is 10.2. The smallest absolute Gasteiger partial charge is 0.269 e. The molecule has 1 aliphatic rings. The van der Waals surface area contributed by atoms with Crippen molar-refractivity contribution in [3.63, 3.8) is 0 Å². The Hall–Kier alpha value is -2.86. The van der Waals surface area contributed by atoms with Crippen LogP contribution in [-0.4, -0.2) is 25.8 Å². The summed E-state index contributed by atoms with van der Waals surface area (Å²) in [7, 11) is -3.99. The zero-order chi connectivity index (χ0) is 20.3. The van der Waals surface area contributed by atoms with Crippen LogP contribution in [0.5, 0.6) is 0 Å². The average Bonchev–Trinajstić information content (AvgIpc) is 3.02. The van der Waals surface area contributed by atoms with Crippen LogP contribution in [0.25, 0.3) is 0 Å². The van der Waals surface area contributed by atoms with Crippen LogP contribution in [0.4, 0.5) is 5.69 Å². The van der Waals surface area contributed by atoms with E-state index in [9.17, 15) is 13.2 Å². The third-order valence-corrected chi connectivity index (χ3v) is 6.58. The number of amides is 1. The topological polar surface area (TPSA) is 66.5 Å². The molecule has 0 atom stereocenters. The van der Waals surface area contributed by atoms with Crippen LogP contribution < -0.4 is 5.32 Å². The number of aryl methyl sites for hydroxylation is 1. The minimum atomic E-state index is -3.99. The van der Waals surface area contributed by atoms with Crippen LogP contribution >= 0.6 is 0 Å². The largest absolute Gasteiger partial charge is 0.348 e. The molecule has 0 aromatic heterocycles. The third-order valence-electron chi connectivity index (χ3n) is 4.73. The van der Waals surface area contributed by atoms with Gasteiger partial charge in [0.15, 0.2) is 4.91 Å². The number of carbonyl (C=O) groups excluding carboxylic acids is 1. The number of rotatable bonds is 5. The highest BCUT2D eigenvalue weighted by Crippen LogP contribution is 2.33. The molecule has 0 radical (unpaired) electrons. The Kier molecular flexibility index (Phi) is 5.70. The molecule has 0 spiro atoms. The molecule has 28 heavy (non-hydrogen) atoms. The van der Waals surface area contributed by atoms with E-state index in [2.05, 4.69) is 5.32 Å². The first-order chi connectivity index (χ1) is 13.3. The van der Waals surface area contributed by atoms with Gasteiger partial charge in [-0.1, -0.05) is 36.4 Å². The lowest BCUT2D eigenvalue weighted by Crippen LogP contribution is -2.27. The quantitative estimate of drug-likeness (QED) is 0.768. The van der Waals surface area contributed by atoms with Gasteiger partial charge in [-0.15, -0.1) is 0 Å². The van der Waals surface area contributed by atoms with Crippen LogP contribution in [0, 0.1) is 6.92 Å². The van der Waals surface area contributed by atoms with E-state index < -0.39 is 15.7 Å². The van der Waals surface area contributed by atoms with Crippen LogP contribution in [0.1, 0.15) is 25.8 Å². The van der Waals surface area contributed by atoms with E-state index in [0.29, 0.717) is 24.4 Å². The van der Waals surface area contributed by atoms with Gasteiger partial charge >= 0.3 is 0 Å². The fourth-order valence-corrected chi connectivity index (χ4v) is 4.92. The first-order valence-corrected chi connectivity index (χ1v) is 10.7. The molecule has 3 rings (SSSR count). The Bertz CT molecular complexity index is 1050. The summed E-state index contributed by atoms with van der Waals surface area (Å²) in [6.45, 7) is 6.36. The van der Waals surface area contributed by atoms with Crippen molar-refractivity contribution in [3.8, 4) is 0 Å². The summed E-state index contributed by atoms with van der Waals surface area (Å²) in [5, 5.41) is 2.77. The maximum Gasteiger partial charge on any atom is 0.269 e. The summed E-state index contributed by atoms with van der Waals surface area (Å²) in [4.78, 5) is 15.0. The van der Waals surface area contributed by atoms with Crippen LogP contribution in [0.15, 0.2) is 81.9 Å². The highest BCUT2D eigenvalue weighted by molar-refractivity contribution is 7.96. The molecule has 146 valence electrons. The van der Waals surface area contributed by atoms with Crippen molar-refractivity contribution in [2.45, 2.75) is 32.1 Å². The number of anilines is 1. The lowest BCUT2D eigenvalue weighted by molar-refractivity contribution is -0.112. The molecule has 0 bridgehead atoms. The highest BCUT2D eigenvalue weighted by Gasteiger charge is 2.34. The minimum Gasteiger partial charge on any atom is -0.348 e. The number of sulfone groups is 1. The highest BCUT2D eigenvalue weighted by atomic mass is 32.2. The molecule has 6 heteroatoms. The van der Waals surface area contributed by atoms with Gasteiger partial charge < -0.3 is 10.2 Å². The average molecular weight is 397 g/mol. The maximum absolute atomic E-state index is 13.4. The van der Waals surface area contributed by atoms with Crippen molar-refractivity contribution >= 4 is 21.4 Å². The molecule has 0 unspecified atom stereocenters. The molecule has 0 aliphatic carbocycles. The van der Waals surface area contributed by atoms with Gasteiger partial charge in [0.2, 0.25) is 9.84 Å². The molecule has 0 fully saturated rings. The van der Waals surface area contributed by atoms with Gasteiger partial charge in [0, 0.05) is 30.0 Å². The summed E-state index contributed by atoms with van der Waals surface area (Å²) in [6.07, 6.45) is 2.35. The third kappa shape index (κ3) is 3.87. The SMILES string of the molecule is CCN1C(C)=CC/C1=C(/C(=O)Nc1cccc(C)c1)S(=O)(=O)c1ccccc1. The van der Waals surface area contributed by atoms with E-state index in [-0.39, 0.29) is 9.80 Å². The molecule has 1 amide bonds. The molecule has 2 aromatic rings. The van der Waals surface area contributed by atoms with Crippen LogP contribution in [0.3, 0.4) is 0 Å². The molecular weight excluding hydrogens is 372 g/mol.